The Bertz CT molecular complexity index is 492. The van der Waals surface area contributed by atoms with Gasteiger partial charge in [-0.05, 0) is 53.9 Å². The average Bonchev–Trinajstić information content (AvgIpc) is 2.76. The van der Waals surface area contributed by atoms with Crippen LogP contribution >= 0.6 is 0 Å². The average molecular weight is 344 g/mol. The summed E-state index contributed by atoms with van der Waals surface area (Å²) >= 11 is 0. The number of rotatable bonds is 3. The van der Waals surface area contributed by atoms with Crippen LogP contribution in [0.5, 0.6) is 0 Å². The first-order chi connectivity index (χ1) is 10.8. The Morgan fingerprint density at radius 2 is 1.62 bits per heavy atom. The van der Waals surface area contributed by atoms with Crippen molar-refractivity contribution in [3.63, 3.8) is 0 Å². The van der Waals surface area contributed by atoms with Crippen molar-refractivity contribution in [3.8, 4) is 0 Å². The van der Waals surface area contributed by atoms with E-state index in [9.17, 15) is 19.5 Å². The van der Waals surface area contributed by atoms with Gasteiger partial charge in [0, 0.05) is 13.1 Å². The minimum absolute atomic E-state index is 0.175. The molecule has 2 atom stereocenters. The number of nitrogens with one attached hydrogen (secondary N) is 1. The van der Waals surface area contributed by atoms with Gasteiger partial charge in [-0.25, -0.2) is 14.4 Å². The first-order valence-electron chi connectivity index (χ1n) is 7.98. The molecule has 0 aromatic heterocycles. The van der Waals surface area contributed by atoms with Gasteiger partial charge < -0.3 is 19.9 Å². The third-order valence-corrected chi connectivity index (χ3v) is 3.23. The van der Waals surface area contributed by atoms with Crippen molar-refractivity contribution in [2.45, 2.75) is 65.2 Å². The van der Waals surface area contributed by atoms with Crippen molar-refractivity contribution in [1.82, 2.24) is 10.2 Å². The number of likely N-dealkylation sites (tertiary alicyclic amines) is 1. The van der Waals surface area contributed by atoms with Crippen LogP contribution < -0.4 is 5.32 Å². The molecule has 1 aliphatic rings. The second kappa shape index (κ2) is 7.27. The van der Waals surface area contributed by atoms with Gasteiger partial charge in [-0.2, -0.15) is 0 Å². The molecule has 1 aliphatic heterocycles. The maximum atomic E-state index is 12.2. The van der Waals surface area contributed by atoms with Gasteiger partial charge in [-0.15, -0.1) is 0 Å². The summed E-state index contributed by atoms with van der Waals surface area (Å²) in [6, 6.07) is -0.953. The molecule has 1 rings (SSSR count). The number of carbonyl (C=O) groups excluding carboxylic acids is 2. The summed E-state index contributed by atoms with van der Waals surface area (Å²) in [6.07, 6.45) is -0.968. The van der Waals surface area contributed by atoms with Crippen molar-refractivity contribution in [1.29, 1.82) is 0 Å². The molecule has 0 aliphatic carbocycles. The van der Waals surface area contributed by atoms with Crippen LogP contribution in [-0.2, 0) is 14.3 Å². The SMILES string of the molecule is CC(C)(C)OC(=O)NCC1CC(C(=O)O)N(C(=O)OC(C)(C)C)C1. The monoisotopic (exact) mass is 344 g/mol. The number of carboxylic acid groups (broad SMARTS) is 1. The normalized spacial score (nSPS) is 21.3. The van der Waals surface area contributed by atoms with Gasteiger partial charge in [0.15, 0.2) is 0 Å². The maximum Gasteiger partial charge on any atom is 0.411 e. The van der Waals surface area contributed by atoms with Crippen LogP contribution in [0.2, 0.25) is 0 Å². The van der Waals surface area contributed by atoms with Crippen LogP contribution in [0.1, 0.15) is 48.0 Å². The highest BCUT2D eigenvalue weighted by Crippen LogP contribution is 2.25. The summed E-state index contributed by atoms with van der Waals surface area (Å²) in [5.41, 5.74) is -1.31. The number of hydrogen-bond donors (Lipinski definition) is 2. The molecule has 2 amide bonds. The summed E-state index contributed by atoms with van der Waals surface area (Å²) in [4.78, 5) is 36.4. The maximum absolute atomic E-state index is 12.2. The van der Waals surface area contributed by atoms with Crippen molar-refractivity contribution in [2.75, 3.05) is 13.1 Å². The van der Waals surface area contributed by atoms with Crippen molar-refractivity contribution in [3.05, 3.63) is 0 Å². The topological polar surface area (TPSA) is 105 Å². The minimum atomic E-state index is -1.08. The summed E-state index contributed by atoms with van der Waals surface area (Å²) in [5.74, 6) is -1.26. The first-order valence-corrected chi connectivity index (χ1v) is 7.98. The van der Waals surface area contributed by atoms with Crippen molar-refractivity contribution < 1.29 is 29.0 Å². The van der Waals surface area contributed by atoms with Crippen LogP contribution in [0.15, 0.2) is 0 Å². The number of ether oxygens (including phenoxy) is 2. The molecule has 8 heteroatoms. The Morgan fingerprint density at radius 1 is 1.08 bits per heavy atom. The summed E-state index contributed by atoms with van der Waals surface area (Å²) in [7, 11) is 0. The Morgan fingerprint density at radius 3 is 2.08 bits per heavy atom. The fourth-order valence-electron chi connectivity index (χ4n) is 2.37. The molecule has 1 fully saturated rings. The van der Waals surface area contributed by atoms with Crippen molar-refractivity contribution in [2.24, 2.45) is 5.92 Å². The van der Waals surface area contributed by atoms with E-state index in [0.29, 0.717) is 0 Å². The van der Waals surface area contributed by atoms with E-state index in [1.165, 1.54) is 4.90 Å². The molecule has 0 aromatic rings. The number of alkyl carbamates (subject to hydrolysis) is 1. The molecule has 24 heavy (non-hydrogen) atoms. The van der Waals surface area contributed by atoms with E-state index < -0.39 is 35.4 Å². The molecule has 0 saturated carbocycles. The van der Waals surface area contributed by atoms with E-state index in [2.05, 4.69) is 5.32 Å². The highest BCUT2D eigenvalue weighted by molar-refractivity contribution is 5.81. The Balaban J connectivity index is 2.63. The molecule has 0 aromatic carbocycles. The lowest BCUT2D eigenvalue weighted by molar-refractivity contribution is -0.142. The highest BCUT2D eigenvalue weighted by Gasteiger charge is 2.41. The van der Waals surface area contributed by atoms with Crippen LogP contribution in [0.4, 0.5) is 9.59 Å². The minimum Gasteiger partial charge on any atom is -0.480 e. The van der Waals surface area contributed by atoms with Gasteiger partial charge in [0.2, 0.25) is 0 Å². The number of carboxylic acids is 1. The van der Waals surface area contributed by atoms with Crippen LogP contribution in [0.3, 0.4) is 0 Å². The largest absolute Gasteiger partial charge is 0.480 e. The summed E-state index contributed by atoms with van der Waals surface area (Å²) < 4.78 is 10.4. The third kappa shape index (κ3) is 6.64. The number of hydrogen-bond acceptors (Lipinski definition) is 5. The number of carbonyl (C=O) groups is 3. The molecule has 1 heterocycles. The Kier molecular flexibility index (Phi) is 6.08. The molecule has 1 saturated heterocycles. The predicted molar refractivity (Wildman–Crippen MR) is 86.7 cm³/mol. The van der Waals surface area contributed by atoms with E-state index >= 15 is 0 Å². The number of aliphatic carboxylic acids is 1. The molecule has 2 unspecified atom stereocenters. The van der Waals surface area contributed by atoms with E-state index in [-0.39, 0.29) is 25.4 Å². The third-order valence-electron chi connectivity index (χ3n) is 3.23. The van der Waals surface area contributed by atoms with E-state index in [1.54, 1.807) is 41.5 Å². The second-order valence-electron chi connectivity index (χ2n) is 7.97. The zero-order valence-electron chi connectivity index (χ0n) is 15.2. The molecular weight excluding hydrogens is 316 g/mol. The van der Waals surface area contributed by atoms with Gasteiger partial charge in [0.25, 0.3) is 0 Å². The Labute approximate surface area is 142 Å². The summed E-state index contributed by atoms with van der Waals surface area (Å²) in [6.45, 7) is 10.9. The molecule has 8 nitrogen and oxygen atoms in total. The van der Waals surface area contributed by atoms with E-state index in [4.69, 9.17) is 9.47 Å². The lowest BCUT2D eigenvalue weighted by Crippen LogP contribution is -2.43. The van der Waals surface area contributed by atoms with Crippen LogP contribution in [0, 0.1) is 5.92 Å². The molecule has 0 spiro atoms. The Hall–Kier alpha value is -1.99. The molecule has 0 bridgehead atoms. The molecule has 0 radical (unpaired) electrons. The fraction of sp³-hybridized carbons (Fsp3) is 0.812. The van der Waals surface area contributed by atoms with Gasteiger partial charge >= 0.3 is 18.2 Å². The zero-order chi connectivity index (χ0) is 18.7. The lowest BCUT2D eigenvalue weighted by Gasteiger charge is -2.26. The van der Waals surface area contributed by atoms with Gasteiger partial charge in [0.05, 0.1) is 0 Å². The molecule has 138 valence electrons. The predicted octanol–water partition coefficient (Wildman–Crippen LogP) is 2.22. The quantitative estimate of drug-likeness (QED) is 0.813. The number of nitrogens with zero attached hydrogens (tertiary/aromatic N) is 1. The zero-order valence-corrected chi connectivity index (χ0v) is 15.2. The van der Waals surface area contributed by atoms with Crippen LogP contribution in [-0.4, -0.2) is 58.5 Å². The van der Waals surface area contributed by atoms with Crippen molar-refractivity contribution >= 4 is 18.2 Å². The first kappa shape index (κ1) is 20.1. The fourth-order valence-corrected chi connectivity index (χ4v) is 2.37. The van der Waals surface area contributed by atoms with Gasteiger partial charge in [-0.3, -0.25) is 4.90 Å². The second-order valence-corrected chi connectivity index (χ2v) is 7.97. The lowest BCUT2D eigenvalue weighted by atomic mass is 10.1. The molecule has 2 N–H and O–H groups in total. The van der Waals surface area contributed by atoms with Crippen LogP contribution in [0.25, 0.3) is 0 Å². The van der Waals surface area contributed by atoms with E-state index in [0.717, 1.165) is 0 Å². The number of amides is 2. The smallest absolute Gasteiger partial charge is 0.411 e. The van der Waals surface area contributed by atoms with E-state index in [1.807, 2.05) is 0 Å². The summed E-state index contributed by atoms with van der Waals surface area (Å²) in [5, 5.41) is 11.9. The standard InChI is InChI=1S/C16H28N2O6/c1-15(2,3)23-13(21)17-8-10-7-11(12(19)20)18(9-10)14(22)24-16(4,5)6/h10-11H,7-9H2,1-6H3,(H,17,21)(H,19,20). The highest BCUT2D eigenvalue weighted by atomic mass is 16.6. The van der Waals surface area contributed by atoms with Gasteiger partial charge in [-0.1, -0.05) is 0 Å². The molecular formula is C16H28N2O6. The van der Waals surface area contributed by atoms with Gasteiger partial charge in [0.1, 0.15) is 17.2 Å².